The summed E-state index contributed by atoms with van der Waals surface area (Å²) in [7, 11) is 0. The fourth-order valence-electron chi connectivity index (χ4n) is 1.13. The third-order valence-electron chi connectivity index (χ3n) is 1.74. The van der Waals surface area contributed by atoms with Crippen LogP contribution in [0.3, 0.4) is 0 Å². The van der Waals surface area contributed by atoms with E-state index in [4.69, 9.17) is 20.7 Å². The second-order valence-electron chi connectivity index (χ2n) is 2.52. The minimum Gasteiger partial charge on any atom is -0.394 e. The normalized spacial score (nSPS) is 40.5. The van der Waals surface area contributed by atoms with Gasteiger partial charge < -0.3 is 20.7 Å². The Balaban J connectivity index is 2.36. The fraction of sp³-hybridized carbons (Fsp3) is 1.00. The molecule has 1 rings (SSSR count). The summed E-state index contributed by atoms with van der Waals surface area (Å²) in [5.41, 5.74) is 5.30. The summed E-state index contributed by atoms with van der Waals surface area (Å²) in [6.45, 7) is 0.283. The van der Waals surface area contributed by atoms with E-state index in [9.17, 15) is 0 Å². The zero-order chi connectivity index (χ0) is 7.56. The minimum atomic E-state index is -0.543. The third-order valence-corrected chi connectivity index (χ3v) is 1.74. The summed E-state index contributed by atoms with van der Waals surface area (Å²) in [5, 5.41) is 17.8. The minimum absolute atomic E-state index is 0.0767. The van der Waals surface area contributed by atoms with Crippen LogP contribution >= 0.6 is 0 Å². The van der Waals surface area contributed by atoms with Gasteiger partial charge in [-0.3, -0.25) is 0 Å². The van der Waals surface area contributed by atoms with E-state index >= 15 is 0 Å². The van der Waals surface area contributed by atoms with Gasteiger partial charge in [-0.05, 0) is 0 Å². The summed E-state index contributed by atoms with van der Waals surface area (Å²) in [4.78, 5) is 0. The molecule has 1 heterocycles. The number of ether oxygens (including phenoxy) is 1. The van der Waals surface area contributed by atoms with Crippen molar-refractivity contribution >= 4 is 0 Å². The Morgan fingerprint density at radius 3 is 2.60 bits per heavy atom. The zero-order valence-corrected chi connectivity index (χ0v) is 5.73. The molecule has 60 valence electrons. The van der Waals surface area contributed by atoms with Gasteiger partial charge in [-0.1, -0.05) is 0 Å². The van der Waals surface area contributed by atoms with Gasteiger partial charge >= 0.3 is 0 Å². The molecule has 1 fully saturated rings. The van der Waals surface area contributed by atoms with Crippen molar-refractivity contribution in [2.45, 2.75) is 24.7 Å². The van der Waals surface area contributed by atoms with Crippen molar-refractivity contribution in [1.29, 1.82) is 0 Å². The van der Waals surface area contributed by atoms with E-state index in [1.807, 2.05) is 0 Å². The maximum atomic E-state index is 9.15. The number of rotatable bonds is 2. The Kier molecular flexibility index (Phi) is 2.62. The highest BCUT2D eigenvalue weighted by Crippen LogP contribution is 2.18. The molecule has 1 aliphatic heterocycles. The average Bonchev–Trinajstić information content (AvgIpc) is 2.30. The predicted octanol–water partition coefficient (Wildman–Crippen LogP) is -1.54. The largest absolute Gasteiger partial charge is 0.394 e. The molecule has 0 bridgehead atoms. The van der Waals surface area contributed by atoms with Crippen molar-refractivity contribution in [2.24, 2.45) is 5.73 Å². The van der Waals surface area contributed by atoms with Crippen LogP contribution in [0, 0.1) is 0 Å². The molecule has 1 saturated heterocycles. The summed E-state index contributed by atoms with van der Waals surface area (Å²) in [5.74, 6) is 0. The monoisotopic (exact) mass is 147 g/mol. The Bertz CT molecular complexity index is 109. The first-order valence-electron chi connectivity index (χ1n) is 3.42. The molecule has 10 heavy (non-hydrogen) atoms. The van der Waals surface area contributed by atoms with Crippen LogP contribution in [-0.2, 0) is 4.74 Å². The van der Waals surface area contributed by atoms with Crippen LogP contribution < -0.4 is 5.73 Å². The van der Waals surface area contributed by atoms with Crippen LogP contribution in [0.15, 0.2) is 0 Å². The van der Waals surface area contributed by atoms with Gasteiger partial charge in [0.15, 0.2) is 0 Å². The second-order valence-corrected chi connectivity index (χ2v) is 2.52. The van der Waals surface area contributed by atoms with E-state index in [1.165, 1.54) is 0 Å². The highest BCUT2D eigenvalue weighted by Gasteiger charge is 2.32. The van der Waals surface area contributed by atoms with Gasteiger partial charge in [-0.15, -0.1) is 0 Å². The van der Waals surface area contributed by atoms with E-state index in [-0.39, 0.29) is 12.7 Å². The molecule has 0 aromatic rings. The Hall–Kier alpha value is -0.160. The fourth-order valence-corrected chi connectivity index (χ4v) is 1.13. The maximum Gasteiger partial charge on any atom is 0.107 e. The lowest BCUT2D eigenvalue weighted by Gasteiger charge is -2.09. The highest BCUT2D eigenvalue weighted by molar-refractivity contribution is 4.81. The van der Waals surface area contributed by atoms with Crippen LogP contribution in [0.5, 0.6) is 0 Å². The quantitative estimate of drug-likeness (QED) is 0.442. The molecule has 0 saturated carbocycles. The first-order valence-corrected chi connectivity index (χ1v) is 3.42. The first-order chi connectivity index (χ1) is 4.77. The molecule has 0 radical (unpaired) electrons. The first kappa shape index (κ1) is 7.94. The van der Waals surface area contributed by atoms with E-state index in [1.54, 1.807) is 0 Å². The van der Waals surface area contributed by atoms with Crippen LogP contribution in [0.4, 0.5) is 0 Å². The molecular formula is C6H13NO3. The summed E-state index contributed by atoms with van der Waals surface area (Å²) in [6.07, 6.45) is -0.499. The van der Waals surface area contributed by atoms with Crippen molar-refractivity contribution < 1.29 is 14.9 Å². The molecule has 3 atom stereocenters. The molecule has 4 heteroatoms. The van der Waals surface area contributed by atoms with Crippen molar-refractivity contribution in [1.82, 2.24) is 0 Å². The smallest absolute Gasteiger partial charge is 0.107 e. The molecule has 0 spiro atoms. The molecular weight excluding hydrogens is 134 g/mol. The molecule has 4 N–H and O–H groups in total. The van der Waals surface area contributed by atoms with Gasteiger partial charge in [0.2, 0.25) is 0 Å². The summed E-state index contributed by atoms with van der Waals surface area (Å²) < 4.78 is 5.15. The van der Waals surface area contributed by atoms with Crippen LogP contribution in [0.25, 0.3) is 0 Å². The lowest BCUT2D eigenvalue weighted by molar-refractivity contribution is -0.0193. The standard InChI is InChI=1S/C6H13NO3/c7-2-4-1-5(9)6(3-8)10-4/h4-6,8-9H,1-3,7H2/t4-,5-,6-/m0/s1. The molecule has 1 aliphatic rings. The molecule has 0 aromatic carbocycles. The van der Waals surface area contributed by atoms with Crippen molar-refractivity contribution in [3.8, 4) is 0 Å². The van der Waals surface area contributed by atoms with Crippen LogP contribution in [0.1, 0.15) is 6.42 Å². The van der Waals surface area contributed by atoms with Crippen LogP contribution in [0.2, 0.25) is 0 Å². The highest BCUT2D eigenvalue weighted by atomic mass is 16.5. The summed E-state index contributed by atoms with van der Waals surface area (Å²) in [6, 6.07) is 0. The number of nitrogens with two attached hydrogens (primary N) is 1. The Labute approximate surface area is 59.6 Å². The zero-order valence-electron chi connectivity index (χ0n) is 5.73. The number of hydrogen-bond donors (Lipinski definition) is 3. The molecule has 4 nitrogen and oxygen atoms in total. The third kappa shape index (κ3) is 1.46. The molecule has 0 amide bonds. The predicted molar refractivity (Wildman–Crippen MR) is 35.4 cm³/mol. The molecule has 0 aromatic heterocycles. The average molecular weight is 147 g/mol. The second kappa shape index (κ2) is 3.30. The van der Waals surface area contributed by atoms with E-state index in [0.29, 0.717) is 13.0 Å². The topological polar surface area (TPSA) is 75.7 Å². The molecule has 0 unspecified atom stereocenters. The van der Waals surface area contributed by atoms with E-state index in [0.717, 1.165) is 0 Å². The SMILES string of the molecule is NC[C@@H]1C[C@H](O)[C@H](CO)O1. The van der Waals surface area contributed by atoms with Gasteiger partial charge in [0.1, 0.15) is 6.10 Å². The van der Waals surface area contributed by atoms with Crippen LogP contribution in [-0.4, -0.2) is 41.7 Å². The van der Waals surface area contributed by atoms with Gasteiger partial charge in [-0.25, -0.2) is 0 Å². The molecule has 0 aliphatic carbocycles. The maximum absolute atomic E-state index is 9.15. The van der Waals surface area contributed by atoms with Gasteiger partial charge in [0.05, 0.1) is 18.8 Å². The van der Waals surface area contributed by atoms with Gasteiger partial charge in [-0.2, -0.15) is 0 Å². The van der Waals surface area contributed by atoms with Crippen molar-refractivity contribution in [3.63, 3.8) is 0 Å². The lowest BCUT2D eigenvalue weighted by Crippen LogP contribution is -2.25. The van der Waals surface area contributed by atoms with Crippen molar-refractivity contribution in [3.05, 3.63) is 0 Å². The number of hydrogen-bond acceptors (Lipinski definition) is 4. The summed E-state index contributed by atoms with van der Waals surface area (Å²) >= 11 is 0. The van der Waals surface area contributed by atoms with Crippen molar-refractivity contribution in [2.75, 3.05) is 13.2 Å². The van der Waals surface area contributed by atoms with E-state index in [2.05, 4.69) is 0 Å². The van der Waals surface area contributed by atoms with Gasteiger partial charge in [0.25, 0.3) is 0 Å². The number of aliphatic hydroxyl groups excluding tert-OH is 2. The number of aliphatic hydroxyl groups is 2. The lowest BCUT2D eigenvalue weighted by atomic mass is 10.1. The van der Waals surface area contributed by atoms with Gasteiger partial charge in [0, 0.05) is 13.0 Å². The Morgan fingerprint density at radius 2 is 2.30 bits per heavy atom. The van der Waals surface area contributed by atoms with E-state index < -0.39 is 12.2 Å². The Morgan fingerprint density at radius 1 is 1.60 bits per heavy atom.